The first-order valence-electron chi connectivity index (χ1n) is 20.5. The van der Waals surface area contributed by atoms with Gasteiger partial charge in [0, 0.05) is 38.9 Å². The smallest absolute Gasteiger partial charge is 0.296 e. The average molecular weight is 1090 g/mol. The van der Waals surface area contributed by atoms with Crippen LogP contribution in [0.1, 0.15) is 53.8 Å². The summed E-state index contributed by atoms with van der Waals surface area (Å²) in [6.07, 6.45) is 4.66. The van der Waals surface area contributed by atoms with Crippen molar-refractivity contribution in [3.8, 4) is 0 Å². The molecule has 19 heteroatoms. The fourth-order valence-electron chi connectivity index (χ4n) is 6.42. The second-order valence-corrected chi connectivity index (χ2v) is 14.4. The predicted octanol–water partition coefficient (Wildman–Crippen LogP) is 15.7. The van der Waals surface area contributed by atoms with Gasteiger partial charge in [0.25, 0.3) is 7.05 Å². The number of halogens is 1. The van der Waals surface area contributed by atoms with Crippen molar-refractivity contribution in [1.82, 2.24) is 29.9 Å². The van der Waals surface area contributed by atoms with Crippen LogP contribution in [0.3, 0.4) is 0 Å². The lowest BCUT2D eigenvalue weighted by molar-refractivity contribution is 1.08. The number of hydrogen-bond acceptors (Lipinski definition) is 15. The van der Waals surface area contributed by atoms with Crippen molar-refractivity contribution in [3.63, 3.8) is 0 Å². The summed E-state index contributed by atoms with van der Waals surface area (Å²) >= 11 is 0. The Kier molecular flexibility index (Phi) is 28.5. The zero-order valence-electron chi connectivity index (χ0n) is 37.7. The number of benzene rings is 6. The molecule has 378 valence electrons. The first kappa shape index (κ1) is 63.5. The van der Waals surface area contributed by atoms with Crippen molar-refractivity contribution in [3.05, 3.63) is 168 Å². The molecule has 0 fully saturated rings. The Morgan fingerprint density at radius 3 is 1.08 bits per heavy atom. The molecular weight excluding hydrogens is 1020 g/mol. The van der Waals surface area contributed by atoms with Gasteiger partial charge in [0.05, 0.1) is 42.0 Å². The van der Waals surface area contributed by atoms with Crippen molar-refractivity contribution in [1.29, 1.82) is 5.39 Å². The topological polar surface area (TPSA) is 241 Å². The van der Waals surface area contributed by atoms with Crippen molar-refractivity contribution in [2.75, 3.05) is 53.7 Å². The summed E-state index contributed by atoms with van der Waals surface area (Å²) in [5.41, 5.74) is 23.1. The van der Waals surface area contributed by atoms with Crippen LogP contribution < -0.4 is 32.5 Å². The molecule has 0 aliphatic carbocycles. The minimum Gasteiger partial charge on any atom is -0.399 e. The molecule has 9 rings (SSSR count). The van der Waals surface area contributed by atoms with Gasteiger partial charge in [-0.25, -0.2) is 29.9 Å². The van der Waals surface area contributed by atoms with E-state index in [1.54, 1.807) is 33.1 Å². The van der Waals surface area contributed by atoms with Crippen LogP contribution in [0.4, 0.5) is 51.6 Å². The van der Waals surface area contributed by atoms with E-state index in [0.29, 0.717) is 5.69 Å². The number of nitrogens with zero attached hydrogens (tertiary/aromatic N) is 12. The highest BCUT2D eigenvalue weighted by Crippen LogP contribution is 2.28. The summed E-state index contributed by atoms with van der Waals surface area (Å²) in [4.78, 5) is 28.3. The van der Waals surface area contributed by atoms with Crippen molar-refractivity contribution in [2.45, 2.75) is 57.9 Å². The molecule has 0 amide bonds. The predicted molar refractivity (Wildman–Crippen MR) is 315 cm³/mol. The molecule has 0 saturated carbocycles. The van der Waals surface area contributed by atoms with Crippen LogP contribution in [0, 0.1) is 26.2 Å². The number of rotatable bonds is 10. The van der Waals surface area contributed by atoms with Gasteiger partial charge in [-0.2, -0.15) is 10.2 Å². The standard InChI is InChI=1S/2C16H16N6.C15H14N4.CH3N2.5CH4.HI/c2*1-11-4-3-5-12(8-11)20-16-14-9-13(21-22-17-2)6-7-15(14)18-10-19-16;1-10-3-2-4-12(7-10)19-15-13-8-11(16)5-6-14(13)17-9-18-15;1-3-2;;;;;;/h2*3-10H,1-2H3,(H,17,21)(H,18,19,20);2-9H,16H2,1H3,(H,17,18,19);1H3;5*1H4;1H/q;;;+1;;;;;;. The number of hydrogen-bond donors (Lipinski definition) is 6. The van der Waals surface area contributed by atoms with Gasteiger partial charge in [-0.3, -0.25) is 10.9 Å². The van der Waals surface area contributed by atoms with Gasteiger partial charge in [0.15, 0.2) is 0 Å². The van der Waals surface area contributed by atoms with E-state index in [1.165, 1.54) is 23.7 Å². The monoisotopic (exact) mass is 1090 g/mol. The maximum absolute atomic E-state index is 7.19. The normalized spacial score (nSPS) is 9.62. The highest BCUT2D eigenvalue weighted by atomic mass is 127. The SMILES string of the molecule is C.C.C.C.C.CN=NNc1ccc2ncnc(Nc3cccc(C)c3)c2c1.CN=NNc1ccc2ncnc(Nc3cccc(C)c3)c2c1.C[N+]#N.Cc1cccc(Nc2ncnc3ccc(N)cc23)c1.I. The van der Waals surface area contributed by atoms with Crippen molar-refractivity contribution < 1.29 is 0 Å². The number of anilines is 9. The number of diazo groups is 1. The van der Waals surface area contributed by atoms with Crippen molar-refractivity contribution in [2.24, 2.45) is 20.7 Å². The number of aromatic nitrogens is 6. The lowest BCUT2D eigenvalue weighted by Crippen LogP contribution is -1.97. The second-order valence-electron chi connectivity index (χ2n) is 14.4. The summed E-state index contributed by atoms with van der Waals surface area (Å²) < 4.78 is 0. The molecule has 0 unspecified atom stereocenters. The largest absolute Gasteiger partial charge is 0.399 e. The van der Waals surface area contributed by atoms with E-state index in [9.17, 15) is 0 Å². The number of nitrogens with one attached hydrogen (secondary N) is 5. The van der Waals surface area contributed by atoms with E-state index in [2.05, 4.69) is 140 Å². The van der Waals surface area contributed by atoms with Crippen LogP contribution in [0.15, 0.2) is 167 Å². The Labute approximate surface area is 441 Å². The van der Waals surface area contributed by atoms with Gasteiger partial charge in [-0.05, 0) is 128 Å². The van der Waals surface area contributed by atoms with Crippen LogP contribution in [-0.4, -0.2) is 51.0 Å². The van der Waals surface area contributed by atoms with Gasteiger partial charge in [0.2, 0.25) is 5.39 Å². The molecule has 0 bridgehead atoms. The zero-order chi connectivity index (χ0) is 46.7. The fraction of sp³-hybridized carbons (Fsp3) is 0.208. The van der Waals surface area contributed by atoms with Crippen LogP contribution in [-0.2, 0) is 0 Å². The van der Waals surface area contributed by atoms with Crippen LogP contribution in [0.2, 0.25) is 0 Å². The van der Waals surface area contributed by atoms with E-state index >= 15 is 0 Å². The van der Waals surface area contributed by atoms with Gasteiger partial charge in [0.1, 0.15) is 41.4 Å². The first-order valence-corrected chi connectivity index (χ1v) is 20.5. The van der Waals surface area contributed by atoms with Gasteiger partial charge in [-0.15, -0.1) is 24.0 Å². The Morgan fingerprint density at radius 2 is 0.764 bits per heavy atom. The third kappa shape index (κ3) is 18.4. The quantitative estimate of drug-likeness (QED) is 0.0246. The minimum absolute atomic E-state index is 0. The highest BCUT2D eigenvalue weighted by Gasteiger charge is 2.08. The third-order valence-corrected chi connectivity index (χ3v) is 9.33. The summed E-state index contributed by atoms with van der Waals surface area (Å²) in [7, 11) is 4.53. The summed E-state index contributed by atoms with van der Waals surface area (Å²) in [6.45, 7) is 6.17. The molecule has 72 heavy (non-hydrogen) atoms. The molecule has 0 saturated heterocycles. The molecule has 7 N–H and O–H groups in total. The van der Waals surface area contributed by atoms with E-state index in [0.717, 1.165) is 78.6 Å². The molecule has 3 heterocycles. The second kappa shape index (κ2) is 32.3. The zero-order valence-corrected chi connectivity index (χ0v) is 40.0. The van der Waals surface area contributed by atoms with E-state index in [1.807, 2.05) is 91.0 Å². The molecule has 3 aromatic heterocycles. The average Bonchev–Trinajstić information content (AvgIpc) is 3.31. The Morgan fingerprint density at radius 1 is 0.444 bits per heavy atom. The molecule has 0 radical (unpaired) electrons. The lowest BCUT2D eigenvalue weighted by Gasteiger charge is -2.10. The third-order valence-electron chi connectivity index (χ3n) is 9.33. The molecule has 0 atom stereocenters. The number of nitrogens with two attached hydrogens (primary N) is 1. The van der Waals surface area contributed by atoms with Crippen LogP contribution in [0.25, 0.3) is 37.7 Å². The fourth-order valence-corrected chi connectivity index (χ4v) is 6.42. The molecule has 6 aromatic carbocycles. The van der Waals surface area contributed by atoms with E-state index < -0.39 is 0 Å². The molecule has 9 aromatic rings. The summed E-state index contributed by atoms with van der Waals surface area (Å²) in [5.74, 6) is 2.28. The summed E-state index contributed by atoms with van der Waals surface area (Å²) in [6, 6.07) is 41.6. The summed E-state index contributed by atoms with van der Waals surface area (Å²) in [5, 5.41) is 34.9. The van der Waals surface area contributed by atoms with Gasteiger partial charge in [-0.1, -0.05) is 84.0 Å². The maximum Gasteiger partial charge on any atom is 0.296 e. The number of fused-ring (bicyclic) bond motifs is 3. The lowest BCUT2D eigenvalue weighted by atomic mass is 10.2. The molecule has 0 aliphatic rings. The Balaban J connectivity index is 0.000000984. The highest BCUT2D eigenvalue weighted by molar-refractivity contribution is 14.0. The number of aryl methyl sites for hydroxylation is 3. The Bertz CT molecular complexity index is 3020. The molecule has 0 spiro atoms. The van der Waals surface area contributed by atoms with Gasteiger partial charge < -0.3 is 21.7 Å². The van der Waals surface area contributed by atoms with Crippen LogP contribution >= 0.6 is 24.0 Å². The van der Waals surface area contributed by atoms with Crippen LogP contribution in [0.5, 0.6) is 0 Å². The molecule has 18 nitrogen and oxygen atoms in total. The van der Waals surface area contributed by atoms with E-state index in [4.69, 9.17) is 11.1 Å². The molecule has 0 aliphatic heterocycles. The van der Waals surface area contributed by atoms with Crippen molar-refractivity contribution >= 4 is 108 Å². The molecular formula is C53H70IN18+. The minimum atomic E-state index is 0. The Hall–Kier alpha value is -8.51. The number of nitrogen functional groups attached to an aromatic ring is 1. The van der Waals surface area contributed by atoms with E-state index in [-0.39, 0.29) is 61.1 Å². The maximum atomic E-state index is 7.19. The van der Waals surface area contributed by atoms with Gasteiger partial charge >= 0.3 is 0 Å². The first-order chi connectivity index (χ1) is 32.2.